The maximum absolute atomic E-state index is 12.4. The number of nitrogens with zero attached hydrogens (tertiary/aromatic N) is 3. The summed E-state index contributed by atoms with van der Waals surface area (Å²) in [6.07, 6.45) is 8.63. The minimum absolute atomic E-state index is 0.0303. The number of hydrogen-bond donors (Lipinski definition) is 2. The lowest BCUT2D eigenvalue weighted by molar-refractivity contribution is -0.253. The summed E-state index contributed by atoms with van der Waals surface area (Å²) in [4.78, 5) is 21.7. The molecule has 8 nitrogen and oxygen atoms in total. The number of benzene rings is 2. The van der Waals surface area contributed by atoms with Gasteiger partial charge in [0.15, 0.2) is 6.29 Å². The maximum atomic E-state index is 12.4. The van der Waals surface area contributed by atoms with Crippen LogP contribution in [0.4, 0.5) is 0 Å². The molecule has 0 spiro atoms. The van der Waals surface area contributed by atoms with Crippen LogP contribution in [0.1, 0.15) is 77.1 Å². The minimum atomic E-state index is -0.482. The van der Waals surface area contributed by atoms with Gasteiger partial charge in [-0.3, -0.25) is 14.7 Å². The third-order valence-electron chi connectivity index (χ3n) is 8.85. The van der Waals surface area contributed by atoms with Crippen molar-refractivity contribution in [3.05, 3.63) is 101 Å². The summed E-state index contributed by atoms with van der Waals surface area (Å²) in [5.41, 5.74) is 4.51. The zero-order valence-electron chi connectivity index (χ0n) is 24.2. The average molecular weight is 571 g/mol. The largest absolute Gasteiger partial charge is 0.392 e. The third kappa shape index (κ3) is 7.25. The fourth-order valence-electron chi connectivity index (χ4n) is 6.47. The van der Waals surface area contributed by atoms with Crippen LogP contribution in [0.2, 0.25) is 0 Å². The van der Waals surface area contributed by atoms with Gasteiger partial charge in [0, 0.05) is 50.1 Å². The number of pyridine rings is 1. The van der Waals surface area contributed by atoms with Gasteiger partial charge in [0.25, 0.3) is 5.91 Å². The number of carbonyl (C=O) groups is 1. The molecule has 42 heavy (non-hydrogen) atoms. The molecule has 4 atom stereocenters. The number of rotatable bonds is 10. The molecule has 3 aliphatic heterocycles. The maximum Gasteiger partial charge on any atom is 0.253 e. The summed E-state index contributed by atoms with van der Waals surface area (Å²) in [5.74, 6) is -0.144. The van der Waals surface area contributed by atoms with Crippen molar-refractivity contribution in [2.24, 2.45) is 0 Å². The Morgan fingerprint density at radius 2 is 1.67 bits per heavy atom. The molecule has 6 rings (SSSR count). The van der Waals surface area contributed by atoms with Crippen molar-refractivity contribution in [1.29, 1.82) is 0 Å². The smallest absolute Gasteiger partial charge is 0.253 e. The highest BCUT2D eigenvalue weighted by Gasteiger charge is 2.36. The van der Waals surface area contributed by atoms with Gasteiger partial charge in [-0.05, 0) is 74.1 Å². The number of aliphatic hydroxyl groups excluding tert-OH is 1. The van der Waals surface area contributed by atoms with Gasteiger partial charge >= 0.3 is 0 Å². The highest BCUT2D eigenvalue weighted by Crippen LogP contribution is 2.39. The first kappa shape index (κ1) is 29.0. The molecule has 3 fully saturated rings. The zero-order chi connectivity index (χ0) is 28.7. The molecule has 2 N–H and O–H groups in total. The van der Waals surface area contributed by atoms with E-state index in [1.54, 1.807) is 24.5 Å². The number of hydrogen-bond acceptors (Lipinski definition) is 7. The van der Waals surface area contributed by atoms with Crippen molar-refractivity contribution in [1.82, 2.24) is 20.1 Å². The van der Waals surface area contributed by atoms with Gasteiger partial charge in [0.05, 0.1) is 24.4 Å². The highest BCUT2D eigenvalue weighted by molar-refractivity contribution is 5.93. The Hall–Kier alpha value is -3.14. The van der Waals surface area contributed by atoms with E-state index in [1.807, 2.05) is 36.4 Å². The Bertz CT molecular complexity index is 1280. The number of likely N-dealkylation sites (tertiary alicyclic amines) is 2. The zero-order valence-corrected chi connectivity index (χ0v) is 24.2. The molecular weight excluding hydrogens is 528 g/mol. The molecule has 4 heterocycles. The Labute approximate surface area is 248 Å². The Kier molecular flexibility index (Phi) is 9.57. The van der Waals surface area contributed by atoms with Gasteiger partial charge in [0.2, 0.25) is 0 Å². The number of amides is 1. The number of ether oxygens (including phenoxy) is 2. The van der Waals surface area contributed by atoms with E-state index in [-0.39, 0.29) is 24.7 Å². The van der Waals surface area contributed by atoms with Gasteiger partial charge in [-0.25, -0.2) is 0 Å². The lowest BCUT2D eigenvalue weighted by Crippen LogP contribution is -2.45. The van der Waals surface area contributed by atoms with Gasteiger partial charge in [0.1, 0.15) is 0 Å². The van der Waals surface area contributed by atoms with E-state index in [2.05, 4.69) is 32.2 Å². The quantitative estimate of drug-likeness (QED) is 0.368. The lowest BCUT2D eigenvalue weighted by atomic mass is 9.99. The predicted octanol–water partition coefficient (Wildman–Crippen LogP) is 4.61. The van der Waals surface area contributed by atoms with Gasteiger partial charge < -0.3 is 24.8 Å². The van der Waals surface area contributed by atoms with Crippen LogP contribution in [0.15, 0.2) is 73.1 Å². The summed E-state index contributed by atoms with van der Waals surface area (Å²) in [6.45, 7) is 6.11. The lowest BCUT2D eigenvalue weighted by Gasteiger charge is -2.39. The van der Waals surface area contributed by atoms with E-state index < -0.39 is 6.29 Å². The number of carbonyl (C=O) groups excluding carboxylic acids is 1. The van der Waals surface area contributed by atoms with Crippen LogP contribution in [0.25, 0.3) is 0 Å². The van der Waals surface area contributed by atoms with Crippen molar-refractivity contribution in [3.8, 4) is 0 Å². The molecule has 1 aromatic heterocycles. The van der Waals surface area contributed by atoms with Crippen LogP contribution in [-0.4, -0.2) is 70.7 Å². The van der Waals surface area contributed by atoms with Crippen LogP contribution < -0.4 is 5.32 Å². The average Bonchev–Trinajstić information content (AvgIpc) is 3.73. The first-order valence-electron chi connectivity index (χ1n) is 15.4. The van der Waals surface area contributed by atoms with Gasteiger partial charge in [-0.1, -0.05) is 48.5 Å². The van der Waals surface area contributed by atoms with Crippen LogP contribution in [0.5, 0.6) is 0 Å². The molecule has 8 heteroatoms. The SMILES string of the molecule is O=C(NCc1ccc([C@H]2O[C@@H](CN3CCC[C@H]3CN3CCCC3)C[C@@H](c3ccc(CO)cc3)O2)cc1)c1cccnc1. The van der Waals surface area contributed by atoms with Gasteiger partial charge in [-0.2, -0.15) is 0 Å². The molecule has 0 radical (unpaired) electrons. The van der Waals surface area contributed by atoms with E-state index in [0.29, 0.717) is 18.2 Å². The normalized spacial score (nSPS) is 25.1. The highest BCUT2D eigenvalue weighted by atomic mass is 16.7. The Morgan fingerprint density at radius 3 is 2.40 bits per heavy atom. The van der Waals surface area contributed by atoms with Crippen molar-refractivity contribution in [2.45, 2.75) is 69.8 Å². The van der Waals surface area contributed by atoms with E-state index in [4.69, 9.17) is 9.47 Å². The van der Waals surface area contributed by atoms with E-state index in [1.165, 1.54) is 38.8 Å². The fourth-order valence-corrected chi connectivity index (χ4v) is 6.47. The molecule has 0 aliphatic carbocycles. The molecule has 0 bridgehead atoms. The van der Waals surface area contributed by atoms with E-state index in [0.717, 1.165) is 48.3 Å². The summed E-state index contributed by atoms with van der Waals surface area (Å²) < 4.78 is 13.2. The van der Waals surface area contributed by atoms with Crippen LogP contribution in [-0.2, 0) is 22.6 Å². The van der Waals surface area contributed by atoms with Crippen molar-refractivity contribution >= 4 is 5.91 Å². The number of aliphatic hydroxyl groups is 1. The summed E-state index contributed by atoms with van der Waals surface area (Å²) in [7, 11) is 0. The second-order valence-electron chi connectivity index (χ2n) is 11.8. The van der Waals surface area contributed by atoms with Crippen molar-refractivity contribution < 1.29 is 19.4 Å². The second-order valence-corrected chi connectivity index (χ2v) is 11.8. The third-order valence-corrected chi connectivity index (χ3v) is 8.85. The molecule has 1 amide bonds. The summed E-state index contributed by atoms with van der Waals surface area (Å²) in [5, 5.41) is 12.5. The van der Waals surface area contributed by atoms with Crippen molar-refractivity contribution in [3.63, 3.8) is 0 Å². The van der Waals surface area contributed by atoms with E-state index >= 15 is 0 Å². The van der Waals surface area contributed by atoms with Gasteiger partial charge in [-0.15, -0.1) is 0 Å². The molecular formula is C34H42N4O4. The van der Waals surface area contributed by atoms with Crippen LogP contribution in [0, 0.1) is 0 Å². The second kappa shape index (κ2) is 13.9. The van der Waals surface area contributed by atoms with E-state index in [9.17, 15) is 9.90 Å². The molecule has 3 saturated heterocycles. The number of nitrogens with one attached hydrogen (secondary N) is 1. The predicted molar refractivity (Wildman–Crippen MR) is 161 cm³/mol. The first-order chi connectivity index (χ1) is 20.6. The Balaban J connectivity index is 1.13. The molecule has 0 saturated carbocycles. The molecule has 2 aromatic carbocycles. The summed E-state index contributed by atoms with van der Waals surface area (Å²) >= 11 is 0. The monoisotopic (exact) mass is 570 g/mol. The Morgan fingerprint density at radius 1 is 0.905 bits per heavy atom. The van der Waals surface area contributed by atoms with Crippen molar-refractivity contribution in [2.75, 3.05) is 32.7 Å². The van der Waals surface area contributed by atoms with Crippen LogP contribution in [0.3, 0.4) is 0 Å². The standard InChI is InChI=1S/C34H42N4O4/c39-24-26-9-11-27(12-10-26)32-19-31(23-38-18-4-6-30(38)22-37-16-1-2-17-37)41-34(42-32)28-13-7-25(8-14-28)20-36-33(40)29-5-3-15-35-21-29/h3,5,7-15,21,30-32,34,39H,1-2,4,6,16-20,22-24H2,(H,36,40)/t30-,31+,32-,34-/m0/s1. The fraction of sp³-hybridized carbons (Fsp3) is 0.471. The molecule has 0 unspecified atom stereocenters. The molecule has 222 valence electrons. The molecule has 3 aromatic rings. The van der Waals surface area contributed by atoms with Crippen LogP contribution >= 0.6 is 0 Å². The minimum Gasteiger partial charge on any atom is -0.392 e. The first-order valence-corrected chi connectivity index (χ1v) is 15.4. The molecule has 3 aliphatic rings. The number of aromatic nitrogens is 1. The summed E-state index contributed by atoms with van der Waals surface area (Å²) in [6, 6.07) is 20.3. The topological polar surface area (TPSA) is 87.2 Å².